The molecule has 2 amide bonds. The summed E-state index contributed by atoms with van der Waals surface area (Å²) in [6.07, 6.45) is 4.75. The maximum atomic E-state index is 13.2. The van der Waals surface area contributed by atoms with Gasteiger partial charge in [-0.2, -0.15) is 0 Å². The van der Waals surface area contributed by atoms with Crippen LogP contribution in [0.2, 0.25) is 0 Å². The number of rotatable bonds is 8. The molecule has 2 N–H and O–H groups in total. The highest BCUT2D eigenvalue weighted by atomic mass is 16.5. The first kappa shape index (κ1) is 27.4. The van der Waals surface area contributed by atoms with Crippen molar-refractivity contribution in [2.24, 2.45) is 5.92 Å². The number of hydrogen-bond acceptors (Lipinski definition) is 6. The van der Waals surface area contributed by atoms with E-state index in [0.29, 0.717) is 44.3 Å². The average Bonchev–Trinajstić information content (AvgIpc) is 2.86. The van der Waals surface area contributed by atoms with Gasteiger partial charge in [-0.05, 0) is 63.2 Å². The molecule has 8 nitrogen and oxygen atoms in total. The molecule has 1 saturated heterocycles. The molecule has 0 radical (unpaired) electrons. The number of carbonyl (C=O) groups excluding carboxylic acids is 2. The van der Waals surface area contributed by atoms with Crippen molar-refractivity contribution in [3.8, 4) is 5.75 Å². The fourth-order valence-corrected chi connectivity index (χ4v) is 4.45. The molecule has 0 unspecified atom stereocenters. The molecule has 1 aromatic carbocycles. The van der Waals surface area contributed by atoms with Gasteiger partial charge in [0, 0.05) is 43.9 Å². The van der Waals surface area contributed by atoms with Gasteiger partial charge in [0.25, 0.3) is 5.91 Å². The second-order valence-corrected chi connectivity index (χ2v) is 10.00. The van der Waals surface area contributed by atoms with Crippen molar-refractivity contribution in [2.75, 3.05) is 65.6 Å². The lowest BCUT2D eigenvalue weighted by atomic mass is 10.0. The Morgan fingerprint density at radius 2 is 1.89 bits per heavy atom. The van der Waals surface area contributed by atoms with Gasteiger partial charge in [-0.3, -0.25) is 19.4 Å². The Kier molecular flexibility index (Phi) is 11.8. The number of nitrogens with one attached hydrogen (secondary N) is 2. The highest BCUT2D eigenvalue weighted by Crippen LogP contribution is 2.25. The average molecular weight is 489 g/mol. The van der Waals surface area contributed by atoms with E-state index >= 15 is 0 Å². The summed E-state index contributed by atoms with van der Waals surface area (Å²) in [5.74, 6) is 1.24. The van der Waals surface area contributed by atoms with Gasteiger partial charge in [-0.15, -0.1) is 0 Å². The molecule has 8 heteroatoms. The van der Waals surface area contributed by atoms with Crippen LogP contribution in [0.25, 0.3) is 0 Å². The quantitative estimate of drug-likeness (QED) is 0.548. The van der Waals surface area contributed by atoms with E-state index < -0.39 is 0 Å². The van der Waals surface area contributed by atoms with E-state index in [9.17, 15) is 9.59 Å². The van der Waals surface area contributed by atoms with Crippen molar-refractivity contribution in [1.82, 2.24) is 20.4 Å². The van der Waals surface area contributed by atoms with E-state index in [0.717, 1.165) is 82.8 Å². The van der Waals surface area contributed by atoms with Crippen LogP contribution < -0.4 is 15.4 Å². The van der Waals surface area contributed by atoms with Crippen molar-refractivity contribution in [2.45, 2.75) is 52.5 Å². The van der Waals surface area contributed by atoms with Gasteiger partial charge < -0.3 is 20.1 Å². The van der Waals surface area contributed by atoms with Crippen LogP contribution >= 0.6 is 0 Å². The largest absolute Gasteiger partial charge is 0.493 e. The summed E-state index contributed by atoms with van der Waals surface area (Å²) in [6.45, 7) is 12.4. The summed E-state index contributed by atoms with van der Waals surface area (Å²) in [7, 11) is 0. The molecule has 0 bridgehead atoms. The van der Waals surface area contributed by atoms with Crippen LogP contribution in [0.1, 0.15) is 61.9 Å². The highest BCUT2D eigenvalue weighted by molar-refractivity contribution is 5.96. The Morgan fingerprint density at radius 1 is 1.06 bits per heavy atom. The van der Waals surface area contributed by atoms with Gasteiger partial charge in [0.1, 0.15) is 5.75 Å². The molecule has 0 aliphatic carbocycles. The number of morpholine rings is 1. The third-order valence-corrected chi connectivity index (χ3v) is 6.59. The van der Waals surface area contributed by atoms with Crippen molar-refractivity contribution in [3.63, 3.8) is 0 Å². The van der Waals surface area contributed by atoms with Crippen LogP contribution in [0.5, 0.6) is 5.75 Å². The van der Waals surface area contributed by atoms with Crippen LogP contribution in [-0.4, -0.2) is 87.2 Å². The normalized spacial score (nSPS) is 19.0. The zero-order chi connectivity index (χ0) is 24.9. The fourth-order valence-electron chi connectivity index (χ4n) is 4.45. The van der Waals surface area contributed by atoms with Gasteiger partial charge in [0.2, 0.25) is 5.91 Å². The van der Waals surface area contributed by atoms with Crippen LogP contribution in [0, 0.1) is 5.92 Å². The number of hydrogen-bond donors (Lipinski definition) is 2. The molecule has 0 saturated carbocycles. The van der Waals surface area contributed by atoms with Crippen LogP contribution in [0.3, 0.4) is 0 Å². The lowest BCUT2D eigenvalue weighted by molar-refractivity contribution is -0.122. The number of nitrogens with zero attached hydrogens (tertiary/aromatic N) is 2. The van der Waals surface area contributed by atoms with Crippen molar-refractivity contribution in [1.29, 1.82) is 0 Å². The maximum Gasteiger partial charge on any atom is 0.251 e. The Hall–Kier alpha value is -2.16. The Balaban J connectivity index is 1.71. The molecule has 35 heavy (non-hydrogen) atoms. The second-order valence-electron chi connectivity index (χ2n) is 10.00. The predicted octanol–water partition coefficient (Wildman–Crippen LogP) is 2.67. The zero-order valence-electron chi connectivity index (χ0n) is 21.7. The van der Waals surface area contributed by atoms with Gasteiger partial charge >= 0.3 is 0 Å². The molecule has 2 aliphatic heterocycles. The van der Waals surface area contributed by atoms with Gasteiger partial charge in [0.05, 0.1) is 26.4 Å². The monoisotopic (exact) mass is 488 g/mol. The summed E-state index contributed by atoms with van der Waals surface area (Å²) in [5, 5.41) is 6.16. The summed E-state index contributed by atoms with van der Waals surface area (Å²) in [5.41, 5.74) is 1.51. The molecule has 196 valence electrons. The molecule has 0 atom stereocenters. The third kappa shape index (κ3) is 9.78. The van der Waals surface area contributed by atoms with E-state index in [1.165, 1.54) is 0 Å². The zero-order valence-corrected chi connectivity index (χ0v) is 21.7. The summed E-state index contributed by atoms with van der Waals surface area (Å²) in [4.78, 5) is 30.4. The first-order valence-electron chi connectivity index (χ1n) is 13.3. The summed E-state index contributed by atoms with van der Waals surface area (Å²) < 4.78 is 11.6. The minimum Gasteiger partial charge on any atom is -0.493 e. The number of benzene rings is 1. The smallest absolute Gasteiger partial charge is 0.251 e. The van der Waals surface area contributed by atoms with E-state index in [-0.39, 0.29) is 11.8 Å². The molecule has 2 aliphatic rings. The van der Waals surface area contributed by atoms with E-state index in [2.05, 4.69) is 34.3 Å². The Labute approximate surface area is 210 Å². The van der Waals surface area contributed by atoms with Crippen molar-refractivity contribution >= 4 is 11.8 Å². The molecule has 0 aromatic heterocycles. The summed E-state index contributed by atoms with van der Waals surface area (Å²) >= 11 is 0. The van der Waals surface area contributed by atoms with Crippen molar-refractivity contribution in [3.05, 3.63) is 29.3 Å². The van der Waals surface area contributed by atoms with Crippen LogP contribution in [0.15, 0.2) is 18.2 Å². The third-order valence-electron chi connectivity index (χ3n) is 6.59. The first-order chi connectivity index (χ1) is 17.0. The predicted molar refractivity (Wildman–Crippen MR) is 138 cm³/mol. The number of fused-ring (bicyclic) bond motifs is 1. The van der Waals surface area contributed by atoms with Crippen molar-refractivity contribution < 1.29 is 19.1 Å². The molecule has 2 heterocycles. The molecule has 1 aromatic rings. The minimum absolute atomic E-state index is 0.0421. The second kappa shape index (κ2) is 15.1. The standard InChI is InChI=1S/C27H44N4O4/c1-22(2)10-14-31-20-24-23(27(33)29-12-7-13-30-15-18-34-19-16-30)8-6-9-25(24)35-17-5-3-4-11-28-26(32)21-31/h6,8-9,22H,3-5,7,10-21H2,1-2H3,(H,28,32)(H,29,33). The van der Waals surface area contributed by atoms with Crippen LogP contribution in [-0.2, 0) is 16.1 Å². The topological polar surface area (TPSA) is 83.1 Å². The number of carbonyl (C=O) groups is 2. The molecular formula is C27H44N4O4. The fraction of sp³-hybridized carbons (Fsp3) is 0.704. The lowest BCUT2D eigenvalue weighted by Crippen LogP contribution is -2.39. The van der Waals surface area contributed by atoms with Gasteiger partial charge in [-0.1, -0.05) is 19.9 Å². The van der Waals surface area contributed by atoms with Gasteiger partial charge in [0.15, 0.2) is 0 Å². The minimum atomic E-state index is -0.0787. The maximum absolute atomic E-state index is 13.2. The highest BCUT2D eigenvalue weighted by Gasteiger charge is 2.21. The Bertz CT molecular complexity index is 795. The number of ether oxygens (including phenoxy) is 2. The Morgan fingerprint density at radius 3 is 2.69 bits per heavy atom. The SMILES string of the molecule is CC(C)CCN1CC(=O)NCCCCCOc2cccc(C(=O)NCCCN3CCOCC3)c2C1. The van der Waals surface area contributed by atoms with E-state index in [1.54, 1.807) is 0 Å². The van der Waals surface area contributed by atoms with Gasteiger partial charge in [-0.25, -0.2) is 0 Å². The molecule has 0 spiro atoms. The first-order valence-corrected chi connectivity index (χ1v) is 13.3. The molecule has 1 fully saturated rings. The van der Waals surface area contributed by atoms with E-state index in [4.69, 9.17) is 9.47 Å². The number of amides is 2. The lowest BCUT2D eigenvalue weighted by Gasteiger charge is -2.26. The van der Waals surface area contributed by atoms with E-state index in [1.807, 2.05) is 18.2 Å². The summed E-state index contributed by atoms with van der Waals surface area (Å²) in [6, 6.07) is 5.72. The molecule has 3 rings (SSSR count). The molecular weight excluding hydrogens is 444 g/mol. The van der Waals surface area contributed by atoms with Crippen LogP contribution in [0.4, 0.5) is 0 Å².